The van der Waals surface area contributed by atoms with Crippen molar-refractivity contribution >= 4 is 27.5 Å². The molecule has 2 aromatic rings. The maximum atomic E-state index is 5.87. The molecule has 0 N–H and O–H groups in total. The van der Waals surface area contributed by atoms with Gasteiger partial charge in [-0.2, -0.15) is 0 Å². The second-order valence-corrected chi connectivity index (χ2v) is 5.18. The highest BCUT2D eigenvalue weighted by Crippen LogP contribution is 2.31. The molecule has 2 rings (SSSR count). The first kappa shape index (κ1) is 11.7. The van der Waals surface area contributed by atoms with Crippen LogP contribution in [-0.4, -0.2) is 0 Å². The Labute approximate surface area is 109 Å². The quantitative estimate of drug-likeness (QED) is 0.674. The van der Waals surface area contributed by atoms with E-state index in [1.165, 1.54) is 16.7 Å². The van der Waals surface area contributed by atoms with E-state index < -0.39 is 0 Å². The van der Waals surface area contributed by atoms with E-state index in [1.54, 1.807) is 0 Å². The maximum absolute atomic E-state index is 5.87. The van der Waals surface area contributed by atoms with Crippen LogP contribution in [0.25, 0.3) is 0 Å². The molecule has 0 heterocycles. The lowest BCUT2D eigenvalue weighted by molar-refractivity contribution is 1.17. The van der Waals surface area contributed by atoms with E-state index in [0.29, 0.717) is 0 Å². The van der Waals surface area contributed by atoms with Crippen molar-refractivity contribution in [2.24, 2.45) is 0 Å². The third-order valence-corrected chi connectivity index (χ3v) is 3.81. The van der Waals surface area contributed by atoms with E-state index in [9.17, 15) is 0 Å². The summed E-state index contributed by atoms with van der Waals surface area (Å²) < 4.78 is 0. The van der Waals surface area contributed by atoms with Crippen LogP contribution in [0.3, 0.4) is 0 Å². The average Bonchev–Trinajstić information content (AvgIpc) is 2.29. The maximum Gasteiger partial charge on any atom is 0.0644 e. The largest absolute Gasteiger partial charge is 0.0843 e. The summed E-state index contributed by atoms with van der Waals surface area (Å²) in [5.41, 5.74) is 3.76. The fourth-order valence-corrected chi connectivity index (χ4v) is 2.37. The molecule has 16 heavy (non-hydrogen) atoms. The molecule has 0 aliphatic heterocycles. The number of benzene rings is 2. The molecular weight excluding hydrogens is 284 g/mol. The third-order valence-electron chi connectivity index (χ3n) is 2.50. The lowest BCUT2D eigenvalue weighted by Crippen LogP contribution is -1.92. The van der Waals surface area contributed by atoms with Crippen molar-refractivity contribution in [2.45, 2.75) is 11.8 Å². The van der Waals surface area contributed by atoms with Crippen LogP contribution in [0.5, 0.6) is 0 Å². The summed E-state index contributed by atoms with van der Waals surface area (Å²) >= 11 is 9.58. The molecular formula is C14H12BrCl. The molecule has 0 nitrogen and oxygen atoms in total. The summed E-state index contributed by atoms with van der Waals surface area (Å²) in [6.45, 7) is 2.10. The van der Waals surface area contributed by atoms with Gasteiger partial charge < -0.3 is 0 Å². The highest BCUT2D eigenvalue weighted by molar-refractivity contribution is 9.09. The monoisotopic (exact) mass is 294 g/mol. The van der Waals surface area contributed by atoms with Crippen molar-refractivity contribution < 1.29 is 0 Å². The standard InChI is InChI=1S/C14H12BrCl/c1-10-3-2-4-12(9-10)14(15)11-5-7-13(16)8-6-11/h2-9,14H,1H3. The van der Waals surface area contributed by atoms with Crippen molar-refractivity contribution in [1.82, 2.24) is 0 Å². The van der Waals surface area contributed by atoms with Gasteiger partial charge in [0.25, 0.3) is 0 Å². The Morgan fingerprint density at radius 1 is 1.00 bits per heavy atom. The van der Waals surface area contributed by atoms with Gasteiger partial charge in [0.05, 0.1) is 4.83 Å². The SMILES string of the molecule is Cc1cccc(C(Br)c2ccc(Cl)cc2)c1. The normalized spacial score (nSPS) is 12.4. The van der Waals surface area contributed by atoms with Gasteiger partial charge in [-0.3, -0.25) is 0 Å². The molecule has 0 aliphatic rings. The van der Waals surface area contributed by atoms with Crippen molar-refractivity contribution in [3.63, 3.8) is 0 Å². The van der Waals surface area contributed by atoms with Crippen molar-refractivity contribution in [1.29, 1.82) is 0 Å². The topological polar surface area (TPSA) is 0 Å². The highest BCUT2D eigenvalue weighted by Gasteiger charge is 2.09. The predicted octanol–water partition coefficient (Wildman–Crippen LogP) is 5.13. The van der Waals surface area contributed by atoms with Gasteiger partial charge in [-0.05, 0) is 30.2 Å². The Kier molecular flexibility index (Phi) is 3.67. The zero-order valence-corrected chi connectivity index (χ0v) is 11.3. The molecule has 0 bridgehead atoms. The molecule has 0 aromatic heterocycles. The number of aryl methyl sites for hydroxylation is 1. The molecule has 1 unspecified atom stereocenters. The molecule has 0 fully saturated rings. The Bertz CT molecular complexity index is 476. The Balaban J connectivity index is 2.31. The van der Waals surface area contributed by atoms with Gasteiger partial charge >= 0.3 is 0 Å². The second kappa shape index (κ2) is 5.03. The van der Waals surface area contributed by atoms with Crippen LogP contribution in [0.1, 0.15) is 21.5 Å². The van der Waals surface area contributed by atoms with Gasteiger partial charge in [-0.25, -0.2) is 0 Å². The van der Waals surface area contributed by atoms with Crippen molar-refractivity contribution in [3.8, 4) is 0 Å². The molecule has 1 atom stereocenters. The zero-order valence-electron chi connectivity index (χ0n) is 8.95. The second-order valence-electron chi connectivity index (χ2n) is 3.83. The van der Waals surface area contributed by atoms with Gasteiger partial charge in [0.15, 0.2) is 0 Å². The first-order chi connectivity index (χ1) is 7.66. The third kappa shape index (κ3) is 2.66. The molecule has 2 heteroatoms. The van der Waals surface area contributed by atoms with E-state index in [2.05, 4.69) is 47.1 Å². The molecule has 0 saturated heterocycles. The Morgan fingerprint density at radius 3 is 2.31 bits per heavy atom. The summed E-state index contributed by atoms with van der Waals surface area (Å²) in [4.78, 5) is 0.227. The smallest absolute Gasteiger partial charge is 0.0644 e. The Morgan fingerprint density at radius 2 is 1.69 bits per heavy atom. The van der Waals surface area contributed by atoms with E-state index in [4.69, 9.17) is 11.6 Å². The summed E-state index contributed by atoms with van der Waals surface area (Å²) in [5.74, 6) is 0. The zero-order chi connectivity index (χ0) is 11.5. The van der Waals surface area contributed by atoms with Gasteiger partial charge in [-0.15, -0.1) is 0 Å². The van der Waals surface area contributed by atoms with Crippen LogP contribution in [0.2, 0.25) is 5.02 Å². The molecule has 2 aromatic carbocycles. The van der Waals surface area contributed by atoms with Crippen molar-refractivity contribution in [2.75, 3.05) is 0 Å². The number of hydrogen-bond donors (Lipinski definition) is 0. The first-order valence-corrected chi connectivity index (χ1v) is 6.42. The molecule has 0 spiro atoms. The molecule has 0 aliphatic carbocycles. The van der Waals surface area contributed by atoms with Gasteiger partial charge in [0.1, 0.15) is 0 Å². The fraction of sp³-hybridized carbons (Fsp3) is 0.143. The van der Waals surface area contributed by atoms with Crippen LogP contribution < -0.4 is 0 Å². The van der Waals surface area contributed by atoms with Gasteiger partial charge in [-0.1, -0.05) is 69.5 Å². The average molecular weight is 296 g/mol. The minimum absolute atomic E-state index is 0.227. The highest BCUT2D eigenvalue weighted by atomic mass is 79.9. The number of alkyl halides is 1. The number of hydrogen-bond acceptors (Lipinski definition) is 0. The van der Waals surface area contributed by atoms with E-state index in [0.717, 1.165) is 5.02 Å². The van der Waals surface area contributed by atoms with E-state index in [1.807, 2.05) is 24.3 Å². The van der Waals surface area contributed by atoms with E-state index >= 15 is 0 Å². The lowest BCUT2D eigenvalue weighted by Gasteiger charge is -2.11. The molecule has 0 amide bonds. The van der Waals surface area contributed by atoms with E-state index in [-0.39, 0.29) is 4.83 Å². The van der Waals surface area contributed by atoms with Gasteiger partial charge in [0.2, 0.25) is 0 Å². The summed E-state index contributed by atoms with van der Waals surface area (Å²) in [7, 11) is 0. The van der Waals surface area contributed by atoms with Crippen LogP contribution >= 0.6 is 27.5 Å². The van der Waals surface area contributed by atoms with Gasteiger partial charge in [0, 0.05) is 5.02 Å². The summed E-state index contributed by atoms with van der Waals surface area (Å²) in [6, 6.07) is 16.4. The summed E-state index contributed by atoms with van der Waals surface area (Å²) in [6.07, 6.45) is 0. The molecule has 0 radical (unpaired) electrons. The van der Waals surface area contributed by atoms with Crippen molar-refractivity contribution in [3.05, 3.63) is 70.2 Å². The molecule has 82 valence electrons. The summed E-state index contributed by atoms with van der Waals surface area (Å²) in [5, 5.41) is 0.771. The number of rotatable bonds is 2. The predicted molar refractivity (Wildman–Crippen MR) is 73.4 cm³/mol. The lowest BCUT2D eigenvalue weighted by atomic mass is 10.0. The minimum Gasteiger partial charge on any atom is -0.0843 e. The fourth-order valence-electron chi connectivity index (χ4n) is 1.65. The first-order valence-electron chi connectivity index (χ1n) is 5.13. The van der Waals surface area contributed by atoms with Crippen LogP contribution in [0.15, 0.2) is 48.5 Å². The van der Waals surface area contributed by atoms with Crippen LogP contribution in [0.4, 0.5) is 0 Å². The number of halogens is 2. The minimum atomic E-state index is 0.227. The van der Waals surface area contributed by atoms with Crippen LogP contribution in [0, 0.1) is 6.92 Å². The van der Waals surface area contributed by atoms with Crippen LogP contribution in [-0.2, 0) is 0 Å². The Hall–Kier alpha value is -0.790. The molecule has 0 saturated carbocycles.